The smallest absolute Gasteiger partial charge is 0.317 e. The van der Waals surface area contributed by atoms with Crippen molar-refractivity contribution in [3.8, 4) is 0 Å². The van der Waals surface area contributed by atoms with Gasteiger partial charge in [0.15, 0.2) is 0 Å². The molecule has 0 aliphatic heterocycles. The van der Waals surface area contributed by atoms with Crippen LogP contribution >= 0.6 is 0 Å². The van der Waals surface area contributed by atoms with Crippen LogP contribution in [0.25, 0.3) is 0 Å². The van der Waals surface area contributed by atoms with Crippen LogP contribution in [0.3, 0.4) is 0 Å². The van der Waals surface area contributed by atoms with Gasteiger partial charge in [0, 0.05) is 13.1 Å². The second-order valence-electron chi connectivity index (χ2n) is 6.97. The van der Waals surface area contributed by atoms with Crippen LogP contribution < -0.4 is 5.32 Å². The molecule has 1 aliphatic carbocycles. The first-order chi connectivity index (χ1) is 10.4. The molecule has 22 heavy (non-hydrogen) atoms. The van der Waals surface area contributed by atoms with Gasteiger partial charge in [-0.05, 0) is 31.7 Å². The third-order valence-electron chi connectivity index (χ3n) is 4.13. The maximum absolute atomic E-state index is 12.4. The lowest BCUT2D eigenvalue weighted by molar-refractivity contribution is 0.0446. The molecule has 1 saturated carbocycles. The minimum absolute atomic E-state index is 0.0923. The van der Waals surface area contributed by atoms with Crippen molar-refractivity contribution in [2.45, 2.75) is 51.7 Å². The van der Waals surface area contributed by atoms with Gasteiger partial charge in [-0.2, -0.15) is 0 Å². The molecular formula is C18H28N2O2. The van der Waals surface area contributed by atoms with E-state index in [-0.39, 0.29) is 6.03 Å². The molecule has 2 rings (SSSR count). The van der Waals surface area contributed by atoms with Crippen molar-refractivity contribution < 1.29 is 9.90 Å². The molecule has 1 aliphatic rings. The summed E-state index contributed by atoms with van der Waals surface area (Å²) in [5.41, 5.74) is 0.168. The van der Waals surface area contributed by atoms with E-state index in [1.54, 1.807) is 18.7 Å². The van der Waals surface area contributed by atoms with Crippen molar-refractivity contribution in [3.63, 3.8) is 0 Å². The number of hydrogen-bond donors (Lipinski definition) is 2. The summed E-state index contributed by atoms with van der Waals surface area (Å²) in [7, 11) is 0. The highest BCUT2D eigenvalue weighted by Gasteiger charge is 2.23. The Morgan fingerprint density at radius 1 is 1.32 bits per heavy atom. The average Bonchev–Trinajstić information content (AvgIpc) is 2.40. The number of carbonyl (C=O) groups excluding carboxylic acids is 1. The molecule has 4 heteroatoms. The topological polar surface area (TPSA) is 52.6 Å². The van der Waals surface area contributed by atoms with E-state index in [1.165, 1.54) is 19.3 Å². The third kappa shape index (κ3) is 5.68. The lowest BCUT2D eigenvalue weighted by atomic mass is 9.83. The Labute approximate surface area is 133 Å². The number of carbonyl (C=O) groups is 1. The molecule has 0 aromatic heterocycles. The van der Waals surface area contributed by atoms with E-state index in [9.17, 15) is 9.90 Å². The van der Waals surface area contributed by atoms with Crippen LogP contribution in [-0.2, 0) is 6.54 Å². The zero-order chi connectivity index (χ0) is 16.0. The highest BCUT2D eigenvalue weighted by atomic mass is 16.3. The minimum Gasteiger partial charge on any atom is -0.389 e. The SMILES string of the molecule is CC(C)(O)CN(Cc1ccccc1)C(=O)NCCC1CCC1. The van der Waals surface area contributed by atoms with E-state index < -0.39 is 5.60 Å². The zero-order valence-corrected chi connectivity index (χ0v) is 13.7. The molecule has 122 valence electrons. The van der Waals surface area contributed by atoms with Gasteiger partial charge in [0.1, 0.15) is 0 Å². The summed E-state index contributed by atoms with van der Waals surface area (Å²) in [6.45, 7) is 5.01. The van der Waals surface area contributed by atoms with Crippen LogP contribution in [0.5, 0.6) is 0 Å². The third-order valence-corrected chi connectivity index (χ3v) is 4.13. The molecule has 0 bridgehead atoms. The Kier molecular flexibility index (Phi) is 5.83. The number of nitrogens with zero attached hydrogens (tertiary/aromatic N) is 1. The fourth-order valence-corrected chi connectivity index (χ4v) is 2.75. The number of urea groups is 1. The van der Waals surface area contributed by atoms with E-state index >= 15 is 0 Å². The molecule has 4 nitrogen and oxygen atoms in total. The van der Waals surface area contributed by atoms with Crippen molar-refractivity contribution in [1.82, 2.24) is 10.2 Å². The van der Waals surface area contributed by atoms with Gasteiger partial charge in [-0.25, -0.2) is 4.79 Å². The molecule has 1 aromatic carbocycles. The molecule has 2 N–H and O–H groups in total. The number of benzene rings is 1. The summed E-state index contributed by atoms with van der Waals surface area (Å²) in [4.78, 5) is 14.1. The Hall–Kier alpha value is -1.55. The normalized spacial score (nSPS) is 15.2. The van der Waals surface area contributed by atoms with E-state index in [1.807, 2.05) is 30.3 Å². The van der Waals surface area contributed by atoms with E-state index in [4.69, 9.17) is 0 Å². The number of rotatable bonds is 7. The van der Waals surface area contributed by atoms with Crippen LogP contribution in [0.1, 0.15) is 45.1 Å². The van der Waals surface area contributed by atoms with Gasteiger partial charge in [-0.1, -0.05) is 49.6 Å². The standard InChI is InChI=1S/C18H28N2O2/c1-18(2,22)14-20(13-16-7-4-3-5-8-16)17(21)19-12-11-15-9-6-10-15/h3-5,7-8,15,22H,6,9-14H2,1-2H3,(H,19,21). The molecule has 0 unspecified atom stereocenters. The lowest BCUT2D eigenvalue weighted by Gasteiger charge is -2.30. The van der Waals surface area contributed by atoms with Gasteiger partial charge in [-0.15, -0.1) is 0 Å². The molecule has 2 amide bonds. The van der Waals surface area contributed by atoms with Crippen molar-refractivity contribution in [3.05, 3.63) is 35.9 Å². The maximum atomic E-state index is 12.4. The van der Waals surface area contributed by atoms with E-state index in [0.29, 0.717) is 13.1 Å². The Bertz CT molecular complexity index is 464. The van der Waals surface area contributed by atoms with Crippen LogP contribution in [-0.4, -0.2) is 34.7 Å². The average molecular weight is 304 g/mol. The number of aliphatic hydroxyl groups is 1. The van der Waals surface area contributed by atoms with Crippen LogP contribution in [0, 0.1) is 5.92 Å². The molecule has 0 saturated heterocycles. The first kappa shape index (κ1) is 16.8. The highest BCUT2D eigenvalue weighted by molar-refractivity contribution is 5.74. The number of nitrogens with one attached hydrogen (secondary N) is 1. The van der Waals surface area contributed by atoms with Crippen molar-refractivity contribution in [2.75, 3.05) is 13.1 Å². The highest BCUT2D eigenvalue weighted by Crippen LogP contribution is 2.28. The van der Waals surface area contributed by atoms with Crippen LogP contribution in [0.4, 0.5) is 4.79 Å². The fourth-order valence-electron chi connectivity index (χ4n) is 2.75. The predicted molar refractivity (Wildman–Crippen MR) is 88.5 cm³/mol. The van der Waals surface area contributed by atoms with Crippen molar-refractivity contribution in [2.24, 2.45) is 5.92 Å². The summed E-state index contributed by atoms with van der Waals surface area (Å²) in [6.07, 6.45) is 4.99. The van der Waals surface area contributed by atoms with Crippen molar-refractivity contribution in [1.29, 1.82) is 0 Å². The van der Waals surface area contributed by atoms with Gasteiger partial charge >= 0.3 is 6.03 Å². The number of amides is 2. The van der Waals surface area contributed by atoms with Gasteiger partial charge in [0.05, 0.1) is 12.1 Å². The van der Waals surface area contributed by atoms with Gasteiger partial charge in [0.25, 0.3) is 0 Å². The first-order valence-electron chi connectivity index (χ1n) is 8.23. The van der Waals surface area contributed by atoms with E-state index in [2.05, 4.69) is 5.32 Å². The molecule has 1 aromatic rings. The summed E-state index contributed by atoms with van der Waals surface area (Å²) >= 11 is 0. The van der Waals surface area contributed by atoms with Crippen LogP contribution in [0.2, 0.25) is 0 Å². The fraction of sp³-hybridized carbons (Fsp3) is 0.611. The second kappa shape index (κ2) is 7.63. The molecule has 0 spiro atoms. The number of hydrogen-bond acceptors (Lipinski definition) is 2. The quantitative estimate of drug-likeness (QED) is 0.813. The molecule has 0 atom stereocenters. The largest absolute Gasteiger partial charge is 0.389 e. The van der Waals surface area contributed by atoms with E-state index in [0.717, 1.165) is 24.4 Å². The summed E-state index contributed by atoms with van der Waals surface area (Å²) in [6, 6.07) is 9.80. The molecule has 1 fully saturated rings. The Morgan fingerprint density at radius 2 is 2.00 bits per heavy atom. The first-order valence-corrected chi connectivity index (χ1v) is 8.23. The van der Waals surface area contributed by atoms with Gasteiger partial charge in [0.2, 0.25) is 0 Å². The summed E-state index contributed by atoms with van der Waals surface area (Å²) < 4.78 is 0. The zero-order valence-electron chi connectivity index (χ0n) is 13.7. The van der Waals surface area contributed by atoms with Gasteiger partial charge < -0.3 is 15.3 Å². The predicted octanol–water partition coefficient (Wildman–Crippen LogP) is 3.16. The maximum Gasteiger partial charge on any atom is 0.317 e. The minimum atomic E-state index is -0.903. The lowest BCUT2D eigenvalue weighted by Crippen LogP contribution is -2.46. The second-order valence-corrected chi connectivity index (χ2v) is 6.97. The summed E-state index contributed by atoms with van der Waals surface area (Å²) in [5.74, 6) is 0.789. The molecule has 0 radical (unpaired) electrons. The Morgan fingerprint density at radius 3 is 2.55 bits per heavy atom. The molecule has 0 heterocycles. The van der Waals surface area contributed by atoms with Crippen molar-refractivity contribution >= 4 is 6.03 Å². The van der Waals surface area contributed by atoms with Crippen LogP contribution in [0.15, 0.2) is 30.3 Å². The van der Waals surface area contributed by atoms with Gasteiger partial charge in [-0.3, -0.25) is 0 Å². The monoisotopic (exact) mass is 304 g/mol. The summed E-state index contributed by atoms with van der Waals surface area (Å²) in [5, 5.41) is 13.1. The molecular weight excluding hydrogens is 276 g/mol. The Balaban J connectivity index is 1.88.